The van der Waals surface area contributed by atoms with Gasteiger partial charge in [-0.2, -0.15) is 5.10 Å². The normalized spacial score (nSPS) is 20.5. The van der Waals surface area contributed by atoms with Crippen LogP contribution in [0.15, 0.2) is 41.4 Å². The third kappa shape index (κ3) is 8.89. The predicted molar refractivity (Wildman–Crippen MR) is 167 cm³/mol. The monoisotopic (exact) mass is 603 g/mol. The number of ether oxygens (including phenoxy) is 1. The van der Waals surface area contributed by atoms with E-state index in [9.17, 15) is 17.9 Å². The molecule has 1 aromatic carbocycles. The summed E-state index contributed by atoms with van der Waals surface area (Å²) in [5.74, 6) is 2.03. The Morgan fingerprint density at radius 3 is 2.67 bits per heavy atom. The number of nitrogens with one attached hydrogen (secondary N) is 2. The summed E-state index contributed by atoms with van der Waals surface area (Å²) < 4.78 is 43.6. The van der Waals surface area contributed by atoms with Crippen molar-refractivity contribution in [3.05, 3.63) is 52.7 Å². The van der Waals surface area contributed by atoms with Gasteiger partial charge in [-0.1, -0.05) is 45.3 Å². The van der Waals surface area contributed by atoms with E-state index in [2.05, 4.69) is 29.4 Å². The van der Waals surface area contributed by atoms with E-state index >= 15 is 0 Å². The van der Waals surface area contributed by atoms with Crippen molar-refractivity contribution >= 4 is 20.7 Å². The van der Waals surface area contributed by atoms with Crippen LogP contribution in [0.2, 0.25) is 0 Å². The van der Waals surface area contributed by atoms with E-state index in [0.29, 0.717) is 38.0 Å². The van der Waals surface area contributed by atoms with Crippen molar-refractivity contribution in [1.82, 2.24) is 15.5 Å². The minimum Gasteiger partial charge on any atom is -0.501 e. The number of hydrogen-bond acceptors (Lipinski definition) is 6. The molecule has 3 unspecified atom stereocenters. The third-order valence-corrected chi connectivity index (χ3v) is 11.0. The summed E-state index contributed by atoms with van der Waals surface area (Å²) in [7, 11) is -1.22. The summed E-state index contributed by atoms with van der Waals surface area (Å²) in [6.45, 7) is 4.42. The molecule has 0 spiro atoms. The standard InChI is InChI=1S/C33H50FN3O4S/c1-4-6-9-28(21-23(5-2)11-12-24-13-15-27(34)8-7-10-31(24)41-3)35-33(38)26-14-16-30-29(22-26)32(37-36-30)25-17-19-42(39,40)20-18-25/h8,14,16,22-23,25,28,33,35,38H,4-7,9-13,15,17-21H2,1-3H3,(H,36,37). The van der Waals surface area contributed by atoms with Crippen LogP contribution in [0.4, 0.5) is 4.39 Å². The zero-order valence-electron chi connectivity index (χ0n) is 25.6. The number of aliphatic hydroxyl groups excluding tert-OH is 1. The molecular formula is C33H50FN3O4S. The highest BCUT2D eigenvalue weighted by atomic mass is 32.2. The molecule has 1 aliphatic carbocycles. The van der Waals surface area contributed by atoms with Gasteiger partial charge < -0.3 is 9.84 Å². The quantitative estimate of drug-likeness (QED) is 0.193. The van der Waals surface area contributed by atoms with Gasteiger partial charge in [0.2, 0.25) is 0 Å². The van der Waals surface area contributed by atoms with E-state index in [4.69, 9.17) is 4.74 Å². The molecule has 42 heavy (non-hydrogen) atoms. The van der Waals surface area contributed by atoms with Crippen molar-refractivity contribution in [2.75, 3.05) is 18.6 Å². The van der Waals surface area contributed by atoms with E-state index in [-0.39, 0.29) is 29.3 Å². The maximum absolute atomic E-state index is 14.0. The number of aliphatic hydroxyl groups is 1. The number of halogens is 1. The fraction of sp³-hybridized carbons (Fsp3) is 0.667. The molecule has 2 aliphatic rings. The number of aromatic nitrogens is 2. The molecule has 3 atom stereocenters. The van der Waals surface area contributed by atoms with Crippen molar-refractivity contribution in [3.8, 4) is 0 Å². The Morgan fingerprint density at radius 2 is 1.95 bits per heavy atom. The Bertz CT molecular complexity index is 1320. The number of allylic oxidation sites excluding steroid dienone is 4. The lowest BCUT2D eigenvalue weighted by molar-refractivity contribution is 0.113. The fourth-order valence-electron chi connectivity index (χ4n) is 6.58. The second-order valence-corrected chi connectivity index (χ2v) is 14.5. The second kappa shape index (κ2) is 15.5. The Morgan fingerprint density at radius 1 is 1.17 bits per heavy atom. The molecule has 1 saturated heterocycles. The Balaban J connectivity index is 1.42. The average Bonchev–Trinajstić information content (AvgIpc) is 3.39. The molecule has 234 valence electrons. The first-order chi connectivity index (χ1) is 20.2. The first kappa shape index (κ1) is 32.7. The van der Waals surface area contributed by atoms with Crippen LogP contribution in [0.5, 0.6) is 0 Å². The van der Waals surface area contributed by atoms with Gasteiger partial charge in [0, 0.05) is 35.9 Å². The molecule has 2 aromatic rings. The molecule has 1 aromatic heterocycles. The van der Waals surface area contributed by atoms with Gasteiger partial charge in [-0.15, -0.1) is 0 Å². The highest BCUT2D eigenvalue weighted by molar-refractivity contribution is 7.91. The van der Waals surface area contributed by atoms with Gasteiger partial charge in [0.15, 0.2) is 0 Å². The molecule has 2 heterocycles. The predicted octanol–water partition coefficient (Wildman–Crippen LogP) is 7.52. The molecule has 0 amide bonds. The number of nitrogens with zero attached hydrogens (tertiary/aromatic N) is 1. The van der Waals surface area contributed by atoms with Crippen molar-refractivity contribution in [1.29, 1.82) is 0 Å². The molecule has 0 bridgehead atoms. The van der Waals surface area contributed by atoms with Gasteiger partial charge in [-0.3, -0.25) is 10.4 Å². The molecular weight excluding hydrogens is 553 g/mol. The maximum Gasteiger partial charge on any atom is 0.150 e. The summed E-state index contributed by atoms with van der Waals surface area (Å²) in [5.41, 5.74) is 3.84. The summed E-state index contributed by atoms with van der Waals surface area (Å²) >= 11 is 0. The summed E-state index contributed by atoms with van der Waals surface area (Å²) in [5, 5.41) is 23.4. The summed E-state index contributed by atoms with van der Waals surface area (Å²) in [4.78, 5) is 0. The van der Waals surface area contributed by atoms with Crippen LogP contribution in [-0.4, -0.2) is 48.4 Å². The lowest BCUT2D eigenvalue weighted by Gasteiger charge is -2.27. The number of fused-ring (bicyclic) bond motifs is 1. The number of benzene rings is 1. The van der Waals surface area contributed by atoms with E-state index < -0.39 is 16.1 Å². The van der Waals surface area contributed by atoms with E-state index in [1.54, 1.807) is 13.2 Å². The third-order valence-electron chi connectivity index (χ3n) is 9.28. The summed E-state index contributed by atoms with van der Waals surface area (Å²) in [6, 6.07) is 6.02. The number of rotatable bonds is 14. The smallest absolute Gasteiger partial charge is 0.150 e. The number of unbranched alkanes of at least 4 members (excludes halogenated alkanes) is 1. The lowest BCUT2D eigenvalue weighted by Crippen LogP contribution is -2.34. The van der Waals surface area contributed by atoms with Crippen molar-refractivity contribution < 1.29 is 22.7 Å². The number of sulfone groups is 1. The number of aromatic amines is 1. The first-order valence-electron chi connectivity index (χ1n) is 15.9. The fourth-order valence-corrected chi connectivity index (χ4v) is 8.07. The van der Waals surface area contributed by atoms with Crippen LogP contribution >= 0.6 is 0 Å². The zero-order valence-corrected chi connectivity index (χ0v) is 26.4. The maximum atomic E-state index is 14.0. The Hall–Kier alpha value is -2.23. The molecule has 9 heteroatoms. The number of H-pyrrole nitrogens is 1. The topological polar surface area (TPSA) is 104 Å². The highest BCUT2D eigenvalue weighted by Gasteiger charge is 2.28. The molecule has 0 saturated carbocycles. The van der Waals surface area contributed by atoms with Crippen LogP contribution in [-0.2, 0) is 14.6 Å². The number of hydrogen-bond donors (Lipinski definition) is 3. The Labute approximate surface area is 251 Å². The van der Waals surface area contributed by atoms with Gasteiger partial charge in [0.25, 0.3) is 0 Å². The van der Waals surface area contributed by atoms with E-state index in [1.165, 1.54) is 5.57 Å². The van der Waals surface area contributed by atoms with Crippen LogP contribution in [0.1, 0.15) is 121 Å². The van der Waals surface area contributed by atoms with Crippen molar-refractivity contribution in [2.45, 2.75) is 116 Å². The van der Waals surface area contributed by atoms with Crippen molar-refractivity contribution in [2.24, 2.45) is 5.92 Å². The van der Waals surface area contributed by atoms with Gasteiger partial charge in [0.1, 0.15) is 16.1 Å². The Kier molecular flexibility index (Phi) is 12.0. The van der Waals surface area contributed by atoms with E-state index in [0.717, 1.165) is 79.3 Å². The van der Waals surface area contributed by atoms with Crippen LogP contribution in [0.25, 0.3) is 10.9 Å². The average molecular weight is 604 g/mol. The minimum absolute atomic E-state index is 0.0140. The molecule has 1 aliphatic heterocycles. The summed E-state index contributed by atoms with van der Waals surface area (Å²) in [6.07, 6.45) is 11.8. The van der Waals surface area contributed by atoms with Gasteiger partial charge >= 0.3 is 0 Å². The first-order valence-corrected chi connectivity index (χ1v) is 17.8. The van der Waals surface area contributed by atoms with E-state index in [1.807, 2.05) is 18.2 Å². The van der Waals surface area contributed by atoms with Crippen LogP contribution < -0.4 is 5.32 Å². The molecule has 0 radical (unpaired) electrons. The van der Waals surface area contributed by atoms with Crippen LogP contribution in [0.3, 0.4) is 0 Å². The highest BCUT2D eigenvalue weighted by Crippen LogP contribution is 2.34. The van der Waals surface area contributed by atoms with Crippen molar-refractivity contribution in [3.63, 3.8) is 0 Å². The second-order valence-electron chi connectivity index (χ2n) is 12.2. The molecule has 4 rings (SSSR count). The lowest BCUT2D eigenvalue weighted by atomic mass is 9.87. The molecule has 1 fully saturated rings. The van der Waals surface area contributed by atoms with Gasteiger partial charge in [-0.05, 0) is 80.6 Å². The minimum atomic E-state index is -2.95. The van der Waals surface area contributed by atoms with Gasteiger partial charge in [0.05, 0.1) is 35.7 Å². The SMILES string of the molecule is CCCCC(CC(CC)CCC1=C(OC)CCC=C(F)CC1)NC(O)c1ccc2n[nH]c(C3CCS(=O)(=O)CC3)c2c1. The molecule has 3 N–H and O–H groups in total. The molecule has 7 nitrogen and oxygen atoms in total. The zero-order chi connectivity index (χ0) is 30.1. The number of methoxy groups -OCH3 is 1. The van der Waals surface area contributed by atoms with Gasteiger partial charge in [-0.25, -0.2) is 12.8 Å². The largest absolute Gasteiger partial charge is 0.501 e. The van der Waals surface area contributed by atoms with Crippen LogP contribution in [0, 0.1) is 5.92 Å².